The minimum absolute atomic E-state index is 0. The van der Waals surface area contributed by atoms with Gasteiger partial charge in [0.15, 0.2) is 0 Å². The molecule has 3 rings (SSSR count). The summed E-state index contributed by atoms with van der Waals surface area (Å²) in [5.41, 5.74) is 8.08. The summed E-state index contributed by atoms with van der Waals surface area (Å²) in [6.45, 7) is 3.28. The third kappa shape index (κ3) is 6.12. The lowest BCUT2D eigenvalue weighted by molar-refractivity contribution is -0.119. The first-order valence-corrected chi connectivity index (χ1v) is 9.31. The maximum atomic E-state index is 12.3. The third-order valence-corrected chi connectivity index (χ3v) is 5.49. The van der Waals surface area contributed by atoms with Crippen LogP contribution < -0.4 is 11.1 Å². The van der Waals surface area contributed by atoms with Gasteiger partial charge >= 0.3 is 0 Å². The zero-order valence-electron chi connectivity index (χ0n) is 13.8. The van der Waals surface area contributed by atoms with Crippen molar-refractivity contribution in [2.75, 3.05) is 29.9 Å². The predicted octanol–water partition coefficient (Wildman–Crippen LogP) is 3.14. The molecule has 3 N–H and O–H groups in total. The van der Waals surface area contributed by atoms with E-state index in [1.807, 2.05) is 23.9 Å². The SMILES string of the molecule is Cl.Cl.NC1CCC(C(=O)Nc2cccc(CN3CCSCC3)c2)C1. The fourth-order valence-electron chi connectivity index (χ4n) is 3.26. The van der Waals surface area contributed by atoms with Crippen molar-refractivity contribution in [1.29, 1.82) is 0 Å². The zero-order valence-corrected chi connectivity index (χ0v) is 16.2. The number of hydrogen-bond acceptors (Lipinski definition) is 4. The van der Waals surface area contributed by atoms with Crippen LogP contribution in [0.3, 0.4) is 0 Å². The molecule has 1 aromatic carbocycles. The Morgan fingerprint density at radius 2 is 2.00 bits per heavy atom. The van der Waals surface area contributed by atoms with Gasteiger partial charge in [-0.05, 0) is 37.0 Å². The number of thioether (sulfide) groups is 1. The Balaban J connectivity index is 0.00000144. The van der Waals surface area contributed by atoms with Gasteiger partial charge in [-0.2, -0.15) is 11.8 Å². The molecule has 1 amide bonds. The number of hydrogen-bond donors (Lipinski definition) is 2. The summed E-state index contributed by atoms with van der Waals surface area (Å²) in [5.74, 6) is 2.65. The summed E-state index contributed by atoms with van der Waals surface area (Å²) in [7, 11) is 0. The van der Waals surface area contributed by atoms with E-state index >= 15 is 0 Å². The number of nitrogens with zero attached hydrogens (tertiary/aromatic N) is 1. The number of benzene rings is 1. The van der Waals surface area contributed by atoms with Crippen LogP contribution in [0, 0.1) is 5.92 Å². The molecule has 1 saturated heterocycles. The Morgan fingerprint density at radius 3 is 2.67 bits per heavy atom. The van der Waals surface area contributed by atoms with Crippen molar-refractivity contribution in [2.24, 2.45) is 11.7 Å². The maximum Gasteiger partial charge on any atom is 0.227 e. The number of anilines is 1. The van der Waals surface area contributed by atoms with Crippen molar-refractivity contribution in [1.82, 2.24) is 4.90 Å². The minimum Gasteiger partial charge on any atom is -0.328 e. The molecular weight excluding hydrogens is 365 g/mol. The van der Waals surface area contributed by atoms with Crippen molar-refractivity contribution in [3.05, 3.63) is 29.8 Å². The van der Waals surface area contributed by atoms with Crippen LogP contribution in [-0.2, 0) is 11.3 Å². The van der Waals surface area contributed by atoms with Crippen LogP contribution in [0.1, 0.15) is 24.8 Å². The van der Waals surface area contributed by atoms with Crippen molar-refractivity contribution in [3.8, 4) is 0 Å². The van der Waals surface area contributed by atoms with E-state index in [9.17, 15) is 4.79 Å². The molecule has 7 heteroatoms. The van der Waals surface area contributed by atoms with Gasteiger partial charge in [-0.3, -0.25) is 9.69 Å². The van der Waals surface area contributed by atoms with Crippen LogP contribution >= 0.6 is 36.6 Å². The van der Waals surface area contributed by atoms with Crippen LogP contribution in [0.15, 0.2) is 24.3 Å². The van der Waals surface area contributed by atoms with E-state index in [1.165, 1.54) is 17.1 Å². The summed E-state index contributed by atoms with van der Waals surface area (Å²) in [6, 6.07) is 8.45. The number of nitrogens with two attached hydrogens (primary N) is 1. The van der Waals surface area contributed by atoms with Crippen molar-refractivity contribution < 1.29 is 4.79 Å². The molecule has 24 heavy (non-hydrogen) atoms. The minimum atomic E-state index is 0. The maximum absolute atomic E-state index is 12.3. The Labute approximate surface area is 161 Å². The van der Waals surface area contributed by atoms with Gasteiger partial charge in [0.05, 0.1) is 0 Å². The standard InChI is InChI=1S/C17H25N3OS.2ClH/c18-15-5-4-14(11-15)17(21)19-16-3-1-2-13(10-16)12-20-6-8-22-9-7-20;;/h1-3,10,14-15H,4-9,11-12,18H2,(H,19,21);2*1H. The van der Waals surface area contributed by atoms with E-state index in [1.54, 1.807) is 0 Å². The highest BCUT2D eigenvalue weighted by Crippen LogP contribution is 2.25. The van der Waals surface area contributed by atoms with Gasteiger partial charge in [-0.1, -0.05) is 12.1 Å². The number of nitrogens with one attached hydrogen (secondary N) is 1. The van der Waals surface area contributed by atoms with Gasteiger partial charge in [0, 0.05) is 48.8 Å². The lowest BCUT2D eigenvalue weighted by atomic mass is 10.1. The van der Waals surface area contributed by atoms with Crippen LogP contribution in [0.5, 0.6) is 0 Å². The third-order valence-electron chi connectivity index (χ3n) is 4.55. The lowest BCUT2D eigenvalue weighted by Gasteiger charge is -2.26. The number of carbonyl (C=O) groups excluding carboxylic acids is 1. The fraction of sp³-hybridized carbons (Fsp3) is 0.588. The van der Waals surface area contributed by atoms with E-state index in [2.05, 4.69) is 22.3 Å². The topological polar surface area (TPSA) is 58.4 Å². The summed E-state index contributed by atoms with van der Waals surface area (Å²) in [6.07, 6.45) is 2.69. The molecule has 1 aliphatic heterocycles. The monoisotopic (exact) mass is 391 g/mol. The highest BCUT2D eigenvalue weighted by molar-refractivity contribution is 7.99. The first kappa shape index (κ1) is 21.6. The number of amides is 1. The molecule has 4 nitrogen and oxygen atoms in total. The summed E-state index contributed by atoms with van der Waals surface area (Å²) in [5, 5.41) is 3.06. The summed E-state index contributed by atoms with van der Waals surface area (Å²) >= 11 is 2.03. The first-order chi connectivity index (χ1) is 10.7. The Morgan fingerprint density at radius 1 is 1.25 bits per heavy atom. The molecule has 1 heterocycles. The largest absolute Gasteiger partial charge is 0.328 e. The van der Waals surface area contributed by atoms with Crippen molar-refractivity contribution >= 4 is 48.2 Å². The molecule has 2 aliphatic rings. The molecule has 136 valence electrons. The van der Waals surface area contributed by atoms with Crippen LogP contribution in [0.2, 0.25) is 0 Å². The van der Waals surface area contributed by atoms with E-state index in [0.717, 1.165) is 44.6 Å². The highest BCUT2D eigenvalue weighted by Gasteiger charge is 2.27. The van der Waals surface area contributed by atoms with Gasteiger partial charge in [0.25, 0.3) is 0 Å². The molecule has 1 aromatic rings. The molecule has 0 bridgehead atoms. The van der Waals surface area contributed by atoms with Crippen LogP contribution in [0.4, 0.5) is 5.69 Å². The molecule has 0 radical (unpaired) electrons. The fourth-order valence-corrected chi connectivity index (χ4v) is 4.24. The Hall–Kier alpha value is -0.460. The average Bonchev–Trinajstić information content (AvgIpc) is 2.95. The lowest BCUT2D eigenvalue weighted by Crippen LogP contribution is -2.32. The van der Waals surface area contributed by atoms with Gasteiger partial charge in [-0.15, -0.1) is 24.8 Å². The molecule has 2 fully saturated rings. The van der Waals surface area contributed by atoms with Gasteiger partial charge in [0.1, 0.15) is 0 Å². The van der Waals surface area contributed by atoms with Gasteiger partial charge in [0.2, 0.25) is 5.91 Å². The normalized spacial score (nSPS) is 23.9. The average molecular weight is 392 g/mol. The molecule has 1 aliphatic carbocycles. The van der Waals surface area contributed by atoms with Gasteiger partial charge in [-0.25, -0.2) is 0 Å². The van der Waals surface area contributed by atoms with Crippen molar-refractivity contribution in [2.45, 2.75) is 31.8 Å². The smallest absolute Gasteiger partial charge is 0.227 e. The van der Waals surface area contributed by atoms with Gasteiger partial charge < -0.3 is 11.1 Å². The second-order valence-corrected chi connectivity index (χ2v) is 7.57. The molecule has 0 spiro atoms. The van der Waals surface area contributed by atoms with Crippen LogP contribution in [0.25, 0.3) is 0 Å². The number of carbonyl (C=O) groups is 1. The molecule has 2 atom stereocenters. The summed E-state index contributed by atoms with van der Waals surface area (Å²) in [4.78, 5) is 14.8. The predicted molar refractivity (Wildman–Crippen MR) is 107 cm³/mol. The Bertz CT molecular complexity index is 526. The van der Waals surface area contributed by atoms with Crippen LogP contribution in [-0.4, -0.2) is 41.4 Å². The second-order valence-electron chi connectivity index (χ2n) is 6.35. The number of rotatable bonds is 4. The van der Waals surface area contributed by atoms with E-state index in [0.29, 0.717) is 0 Å². The molecular formula is C17H27Cl2N3OS. The second kappa shape index (κ2) is 10.5. The van der Waals surface area contributed by atoms with E-state index in [-0.39, 0.29) is 42.7 Å². The molecule has 1 saturated carbocycles. The number of halogens is 2. The quantitative estimate of drug-likeness (QED) is 0.827. The van der Waals surface area contributed by atoms with Crippen molar-refractivity contribution in [3.63, 3.8) is 0 Å². The molecule has 2 unspecified atom stereocenters. The molecule has 0 aromatic heterocycles. The highest BCUT2D eigenvalue weighted by atomic mass is 35.5. The van der Waals surface area contributed by atoms with E-state index < -0.39 is 0 Å². The zero-order chi connectivity index (χ0) is 15.4. The van der Waals surface area contributed by atoms with E-state index in [4.69, 9.17) is 5.73 Å². The summed E-state index contributed by atoms with van der Waals surface area (Å²) < 4.78 is 0. The Kier molecular flexibility index (Phi) is 9.45. The first-order valence-electron chi connectivity index (χ1n) is 8.16.